The van der Waals surface area contributed by atoms with Crippen molar-refractivity contribution in [3.8, 4) is 0 Å². The van der Waals surface area contributed by atoms with Crippen molar-refractivity contribution in [1.82, 2.24) is 4.98 Å². The summed E-state index contributed by atoms with van der Waals surface area (Å²) in [4.78, 5) is 3.22. The van der Waals surface area contributed by atoms with Crippen LogP contribution in [-0.2, 0) is 17.0 Å². The monoisotopic (exact) mass is 281 g/mol. The fourth-order valence-corrected chi connectivity index (χ4v) is 1.84. The van der Waals surface area contributed by atoms with Crippen LogP contribution in [0, 0.1) is 0 Å². The topological polar surface area (TPSA) is 68.0 Å². The van der Waals surface area contributed by atoms with Gasteiger partial charge >= 0.3 is 6.18 Å². The van der Waals surface area contributed by atoms with Crippen LogP contribution in [0.2, 0.25) is 0 Å². The van der Waals surface area contributed by atoms with E-state index in [4.69, 9.17) is 5.73 Å². The third-order valence-electron chi connectivity index (χ3n) is 2.19. The minimum absolute atomic E-state index is 0.130. The van der Waals surface area contributed by atoms with Crippen LogP contribution in [0.3, 0.4) is 0 Å². The lowest BCUT2D eigenvalue weighted by atomic mass is 10.2. The van der Waals surface area contributed by atoms with Gasteiger partial charge in [-0.15, -0.1) is 0 Å². The summed E-state index contributed by atoms with van der Waals surface area (Å²) < 4.78 is 48.4. The van der Waals surface area contributed by atoms with E-state index >= 15 is 0 Å². The maximum absolute atomic E-state index is 12.4. The van der Waals surface area contributed by atoms with Gasteiger partial charge in [-0.1, -0.05) is 6.92 Å². The minimum atomic E-state index is -4.50. The molecule has 102 valence electrons. The Kier molecular flexibility index (Phi) is 4.94. The number of aromatic nitrogens is 1. The molecule has 0 aromatic carbocycles. The first-order valence-corrected chi connectivity index (χ1v) is 6.75. The highest BCUT2D eigenvalue weighted by molar-refractivity contribution is 7.84. The molecule has 8 heteroatoms. The van der Waals surface area contributed by atoms with E-state index in [1.54, 1.807) is 6.92 Å². The van der Waals surface area contributed by atoms with Gasteiger partial charge in [0.1, 0.15) is 5.69 Å². The molecule has 3 N–H and O–H groups in total. The van der Waals surface area contributed by atoms with E-state index in [0.29, 0.717) is 18.1 Å². The van der Waals surface area contributed by atoms with E-state index in [1.807, 2.05) is 0 Å². The lowest BCUT2D eigenvalue weighted by Gasteiger charge is -2.11. The number of rotatable bonds is 5. The number of nitrogens with two attached hydrogens (primary N) is 1. The first-order valence-electron chi connectivity index (χ1n) is 5.26. The molecule has 0 amide bonds. The fraction of sp³-hybridized carbons (Fsp3) is 0.500. The molecule has 0 aliphatic heterocycles. The first kappa shape index (κ1) is 14.7. The highest BCUT2D eigenvalue weighted by Crippen LogP contribution is 2.30. The smallest absolute Gasteiger partial charge is 0.396 e. The third-order valence-corrected chi connectivity index (χ3v) is 3.50. The van der Waals surface area contributed by atoms with Gasteiger partial charge in [0, 0.05) is 28.9 Å². The number of pyridine rings is 1. The molecule has 0 saturated carbocycles. The molecule has 1 heterocycles. The molecule has 18 heavy (non-hydrogen) atoms. The van der Waals surface area contributed by atoms with Gasteiger partial charge in [-0.2, -0.15) is 13.2 Å². The number of halogens is 3. The lowest BCUT2D eigenvalue weighted by Crippen LogP contribution is -2.15. The molecule has 1 unspecified atom stereocenters. The Morgan fingerprint density at radius 3 is 2.72 bits per heavy atom. The van der Waals surface area contributed by atoms with E-state index < -0.39 is 22.7 Å². The van der Waals surface area contributed by atoms with Crippen LogP contribution in [0.5, 0.6) is 0 Å². The number of alkyl halides is 3. The molecule has 0 spiro atoms. The Morgan fingerprint density at radius 2 is 2.17 bits per heavy atom. The Balaban J connectivity index is 2.73. The van der Waals surface area contributed by atoms with Crippen molar-refractivity contribution in [3.63, 3.8) is 0 Å². The van der Waals surface area contributed by atoms with Crippen molar-refractivity contribution in [1.29, 1.82) is 0 Å². The van der Waals surface area contributed by atoms with Gasteiger partial charge in [0.15, 0.2) is 0 Å². The van der Waals surface area contributed by atoms with Crippen LogP contribution >= 0.6 is 0 Å². The quantitative estimate of drug-likeness (QED) is 0.864. The molecule has 0 saturated heterocycles. The van der Waals surface area contributed by atoms with Crippen molar-refractivity contribution in [2.24, 2.45) is 0 Å². The maximum atomic E-state index is 12.4. The summed E-state index contributed by atoms with van der Waals surface area (Å²) in [5.41, 5.74) is 4.80. The predicted molar refractivity (Wildman–Crippen MR) is 65.7 cm³/mol. The largest absolute Gasteiger partial charge is 0.433 e. The van der Waals surface area contributed by atoms with Crippen molar-refractivity contribution >= 4 is 22.2 Å². The van der Waals surface area contributed by atoms with Crippen LogP contribution in [0.25, 0.3) is 0 Å². The summed E-state index contributed by atoms with van der Waals surface area (Å²) in [7, 11) is -0.971. The zero-order valence-electron chi connectivity index (χ0n) is 9.75. The third kappa shape index (κ3) is 4.17. The highest BCUT2D eigenvalue weighted by Gasteiger charge is 2.32. The van der Waals surface area contributed by atoms with Crippen LogP contribution in [-0.4, -0.2) is 27.2 Å². The second kappa shape index (κ2) is 6.03. The van der Waals surface area contributed by atoms with Crippen LogP contribution in [0.4, 0.5) is 24.5 Å². The van der Waals surface area contributed by atoms with Crippen LogP contribution < -0.4 is 11.1 Å². The summed E-state index contributed by atoms with van der Waals surface area (Å²) >= 11 is 0. The van der Waals surface area contributed by atoms with Crippen LogP contribution in [0.15, 0.2) is 12.3 Å². The summed E-state index contributed by atoms with van der Waals surface area (Å²) in [6, 6.07) is 0.851. The molecule has 1 rings (SSSR count). The molecule has 1 aromatic rings. The Bertz CT molecular complexity index is 437. The van der Waals surface area contributed by atoms with Gasteiger partial charge in [0.25, 0.3) is 0 Å². The lowest BCUT2D eigenvalue weighted by molar-refractivity contribution is -0.141. The van der Waals surface area contributed by atoms with Gasteiger partial charge < -0.3 is 11.1 Å². The molecule has 0 radical (unpaired) electrons. The number of nitrogen functional groups attached to an aromatic ring is 1. The molecule has 1 atom stereocenters. The second-order valence-electron chi connectivity index (χ2n) is 3.51. The van der Waals surface area contributed by atoms with Crippen LogP contribution in [0.1, 0.15) is 12.6 Å². The average Bonchev–Trinajstić information content (AvgIpc) is 2.29. The van der Waals surface area contributed by atoms with E-state index in [1.165, 1.54) is 0 Å². The molecular formula is C10H14F3N3OS. The van der Waals surface area contributed by atoms with Crippen molar-refractivity contribution in [2.45, 2.75) is 13.1 Å². The number of anilines is 2. The number of hydrogen-bond donors (Lipinski definition) is 2. The van der Waals surface area contributed by atoms with Crippen molar-refractivity contribution in [2.75, 3.05) is 29.1 Å². The molecule has 0 aliphatic rings. The molecule has 0 aliphatic carbocycles. The fourth-order valence-electron chi connectivity index (χ4n) is 1.22. The highest BCUT2D eigenvalue weighted by atomic mass is 32.2. The van der Waals surface area contributed by atoms with Gasteiger partial charge in [0.05, 0.1) is 17.6 Å². The zero-order chi connectivity index (χ0) is 13.8. The van der Waals surface area contributed by atoms with E-state index in [-0.39, 0.29) is 11.4 Å². The maximum Gasteiger partial charge on any atom is 0.433 e. The van der Waals surface area contributed by atoms with E-state index in [0.717, 1.165) is 12.3 Å². The molecule has 4 nitrogen and oxygen atoms in total. The minimum Gasteiger partial charge on any atom is -0.396 e. The number of nitrogens with one attached hydrogen (secondary N) is 1. The summed E-state index contributed by atoms with van der Waals surface area (Å²) in [5, 5.41) is 2.73. The summed E-state index contributed by atoms with van der Waals surface area (Å²) in [6.45, 7) is 2.07. The zero-order valence-corrected chi connectivity index (χ0v) is 10.6. The molecule has 1 aromatic heterocycles. The predicted octanol–water partition coefficient (Wildman–Crippen LogP) is 1.86. The first-order chi connectivity index (χ1) is 8.34. The number of nitrogens with zero attached hydrogens (tertiary/aromatic N) is 1. The average molecular weight is 281 g/mol. The van der Waals surface area contributed by atoms with E-state index in [2.05, 4.69) is 10.3 Å². The molecule has 0 bridgehead atoms. The van der Waals surface area contributed by atoms with Crippen molar-refractivity contribution < 1.29 is 17.4 Å². The SMILES string of the molecule is CCS(=O)CCNc1cc(C(F)(F)F)ncc1N. The molecule has 0 fully saturated rings. The second-order valence-corrected chi connectivity index (χ2v) is 5.38. The standard InChI is InChI=1S/C10H14F3N3OS/c1-2-18(17)4-3-15-8-5-9(10(11,12)13)16-6-7(8)14/h5-6H,2-4,14H2,1H3,(H,15,16). The normalized spacial score (nSPS) is 13.3. The van der Waals surface area contributed by atoms with Gasteiger partial charge in [0.2, 0.25) is 0 Å². The molecular weight excluding hydrogens is 267 g/mol. The van der Waals surface area contributed by atoms with Gasteiger partial charge in [-0.25, -0.2) is 4.98 Å². The Labute approximate surface area is 105 Å². The Hall–Kier alpha value is -1.31. The summed E-state index contributed by atoms with van der Waals surface area (Å²) in [6.07, 6.45) is -3.54. The Morgan fingerprint density at radius 1 is 1.50 bits per heavy atom. The van der Waals surface area contributed by atoms with Crippen molar-refractivity contribution in [3.05, 3.63) is 18.0 Å². The summed E-state index contributed by atoms with van der Waals surface area (Å²) in [5.74, 6) is 0.876. The van der Waals surface area contributed by atoms with E-state index in [9.17, 15) is 17.4 Å². The van der Waals surface area contributed by atoms with Gasteiger partial charge in [-0.05, 0) is 6.07 Å². The number of hydrogen-bond acceptors (Lipinski definition) is 4. The van der Waals surface area contributed by atoms with Gasteiger partial charge in [-0.3, -0.25) is 4.21 Å².